The molecule has 5 nitrogen and oxygen atoms in total. The summed E-state index contributed by atoms with van der Waals surface area (Å²) in [6, 6.07) is 13.4. The number of aliphatic carboxylic acids is 1. The Balaban J connectivity index is 1.83. The molecule has 1 atom stereocenters. The highest BCUT2D eigenvalue weighted by Gasteiger charge is 2.29. The smallest absolute Gasteiger partial charge is 0.310 e. The summed E-state index contributed by atoms with van der Waals surface area (Å²) >= 11 is 0. The van der Waals surface area contributed by atoms with E-state index < -0.39 is 11.9 Å². The number of hydrogen-bond donors (Lipinski definition) is 1. The maximum absolute atomic E-state index is 13.0. The number of carbonyl (C=O) groups is 2. The van der Waals surface area contributed by atoms with Crippen LogP contribution in [0.4, 0.5) is 11.4 Å². The van der Waals surface area contributed by atoms with Crippen molar-refractivity contribution in [2.24, 2.45) is 0 Å². The molecule has 1 unspecified atom stereocenters. The highest BCUT2D eigenvalue weighted by molar-refractivity contribution is 6.10. The van der Waals surface area contributed by atoms with Crippen molar-refractivity contribution in [2.75, 3.05) is 22.9 Å². The van der Waals surface area contributed by atoms with E-state index in [1.54, 1.807) is 24.0 Å². The Morgan fingerprint density at radius 1 is 1.11 bits per heavy atom. The molecule has 0 radical (unpaired) electrons. The summed E-state index contributed by atoms with van der Waals surface area (Å²) in [5.74, 6) is -1.41. The minimum absolute atomic E-state index is 0.00355. The summed E-state index contributed by atoms with van der Waals surface area (Å²) in [6.07, 6.45) is 2.14. The van der Waals surface area contributed by atoms with Gasteiger partial charge in [0.1, 0.15) is 0 Å². The van der Waals surface area contributed by atoms with Gasteiger partial charge in [-0.3, -0.25) is 9.59 Å². The van der Waals surface area contributed by atoms with Gasteiger partial charge in [-0.2, -0.15) is 0 Å². The lowest BCUT2D eigenvalue weighted by Gasteiger charge is -2.24. The van der Waals surface area contributed by atoms with Gasteiger partial charge in [0.2, 0.25) is 0 Å². The Morgan fingerprint density at radius 3 is 2.32 bits per heavy atom. The zero-order valence-electron chi connectivity index (χ0n) is 16.8. The summed E-state index contributed by atoms with van der Waals surface area (Å²) < 4.78 is 0. The van der Waals surface area contributed by atoms with Gasteiger partial charge < -0.3 is 14.9 Å². The van der Waals surface area contributed by atoms with Crippen LogP contribution in [0.5, 0.6) is 0 Å². The van der Waals surface area contributed by atoms with E-state index in [-0.39, 0.29) is 5.91 Å². The molecule has 0 bridgehead atoms. The van der Waals surface area contributed by atoms with Gasteiger partial charge >= 0.3 is 5.97 Å². The molecule has 148 valence electrons. The second kappa shape index (κ2) is 8.46. The number of benzene rings is 2. The first-order chi connectivity index (χ1) is 13.5. The van der Waals surface area contributed by atoms with Crippen molar-refractivity contribution in [3.63, 3.8) is 0 Å². The predicted molar refractivity (Wildman–Crippen MR) is 112 cm³/mol. The minimum atomic E-state index is -0.853. The number of carbonyl (C=O) groups excluding carboxylic acids is 1. The van der Waals surface area contributed by atoms with Gasteiger partial charge in [0.25, 0.3) is 5.91 Å². The second-order valence-corrected chi connectivity index (χ2v) is 7.37. The van der Waals surface area contributed by atoms with E-state index in [0.29, 0.717) is 6.54 Å². The first-order valence-electron chi connectivity index (χ1n) is 9.98. The zero-order chi connectivity index (χ0) is 20.3. The molecule has 0 fully saturated rings. The van der Waals surface area contributed by atoms with Crippen molar-refractivity contribution in [2.45, 2.75) is 46.1 Å². The summed E-state index contributed by atoms with van der Waals surface area (Å²) in [6.45, 7) is 8.50. The fraction of sp³-hybridized carbons (Fsp3) is 0.391. The number of hydrogen-bond acceptors (Lipinski definition) is 3. The number of carboxylic acids is 1. The van der Waals surface area contributed by atoms with E-state index in [0.717, 1.165) is 54.0 Å². The van der Waals surface area contributed by atoms with Crippen molar-refractivity contribution in [1.29, 1.82) is 0 Å². The van der Waals surface area contributed by atoms with E-state index in [4.69, 9.17) is 5.11 Å². The normalized spacial score (nSPS) is 14.1. The number of carboxylic acid groups (broad SMARTS) is 1. The molecule has 0 saturated heterocycles. The predicted octanol–water partition coefficient (Wildman–Crippen LogP) is 4.66. The van der Waals surface area contributed by atoms with E-state index in [1.807, 2.05) is 18.2 Å². The van der Waals surface area contributed by atoms with Crippen LogP contribution in [-0.4, -0.2) is 30.1 Å². The van der Waals surface area contributed by atoms with Crippen molar-refractivity contribution in [3.05, 3.63) is 59.2 Å². The van der Waals surface area contributed by atoms with Crippen molar-refractivity contribution in [3.8, 4) is 0 Å². The van der Waals surface area contributed by atoms with Crippen LogP contribution in [0.1, 0.15) is 61.0 Å². The Bertz CT molecular complexity index is 855. The molecule has 1 heterocycles. The Labute approximate surface area is 166 Å². The standard InChI is InChI=1S/C23H28N2O3/c1-4-12-24(13-5-2)20-11-8-18-15-25(22(26)21(18)14-20)19-9-6-17(7-10-19)16(3)23(27)28/h6-11,14,16H,4-5,12-13,15H2,1-3H3,(H,27,28). The molecular weight excluding hydrogens is 352 g/mol. The summed E-state index contributed by atoms with van der Waals surface area (Å²) in [4.78, 5) is 28.3. The van der Waals surface area contributed by atoms with Crippen LogP contribution in [0, 0.1) is 0 Å². The van der Waals surface area contributed by atoms with Crippen LogP contribution in [0.2, 0.25) is 0 Å². The average molecular weight is 380 g/mol. The van der Waals surface area contributed by atoms with Gasteiger partial charge in [0, 0.05) is 30.0 Å². The Kier molecular flexibility index (Phi) is 6.02. The third-order valence-corrected chi connectivity index (χ3v) is 5.32. The van der Waals surface area contributed by atoms with Gasteiger partial charge in [-0.25, -0.2) is 0 Å². The average Bonchev–Trinajstić information content (AvgIpc) is 3.03. The summed E-state index contributed by atoms with van der Waals surface area (Å²) in [5, 5.41) is 9.16. The van der Waals surface area contributed by atoms with Crippen LogP contribution >= 0.6 is 0 Å². The fourth-order valence-corrected chi connectivity index (χ4v) is 3.69. The molecule has 2 aromatic rings. The topological polar surface area (TPSA) is 60.9 Å². The molecule has 0 saturated carbocycles. The lowest BCUT2D eigenvalue weighted by Crippen LogP contribution is -2.25. The zero-order valence-corrected chi connectivity index (χ0v) is 16.8. The van der Waals surface area contributed by atoms with Gasteiger partial charge in [0.05, 0.1) is 12.5 Å². The maximum atomic E-state index is 13.0. The molecule has 0 aromatic heterocycles. The molecule has 1 aliphatic heterocycles. The number of amides is 1. The van der Waals surface area contributed by atoms with Crippen LogP contribution in [0.3, 0.4) is 0 Å². The van der Waals surface area contributed by atoms with E-state index in [2.05, 4.69) is 30.9 Å². The molecule has 1 N–H and O–H groups in total. The number of anilines is 2. The number of rotatable bonds is 8. The molecule has 28 heavy (non-hydrogen) atoms. The van der Waals surface area contributed by atoms with Crippen LogP contribution in [0.15, 0.2) is 42.5 Å². The van der Waals surface area contributed by atoms with Crippen molar-refractivity contribution < 1.29 is 14.7 Å². The summed E-state index contributed by atoms with van der Waals surface area (Å²) in [5.41, 5.74) is 4.42. The minimum Gasteiger partial charge on any atom is -0.481 e. The molecule has 0 aliphatic carbocycles. The molecule has 5 heteroatoms. The molecule has 1 amide bonds. The van der Waals surface area contributed by atoms with Crippen molar-refractivity contribution >= 4 is 23.3 Å². The van der Waals surface area contributed by atoms with E-state index in [1.165, 1.54) is 0 Å². The van der Waals surface area contributed by atoms with E-state index >= 15 is 0 Å². The van der Waals surface area contributed by atoms with Crippen LogP contribution in [0.25, 0.3) is 0 Å². The van der Waals surface area contributed by atoms with Gasteiger partial charge in [-0.15, -0.1) is 0 Å². The van der Waals surface area contributed by atoms with E-state index in [9.17, 15) is 9.59 Å². The van der Waals surface area contributed by atoms with Crippen molar-refractivity contribution in [1.82, 2.24) is 0 Å². The fourth-order valence-electron chi connectivity index (χ4n) is 3.69. The first kappa shape index (κ1) is 19.9. The lowest BCUT2D eigenvalue weighted by molar-refractivity contribution is -0.138. The first-order valence-corrected chi connectivity index (χ1v) is 9.98. The van der Waals surface area contributed by atoms with Crippen LogP contribution in [-0.2, 0) is 11.3 Å². The quantitative estimate of drug-likeness (QED) is 0.723. The number of fused-ring (bicyclic) bond motifs is 1. The third-order valence-electron chi connectivity index (χ3n) is 5.32. The molecule has 0 spiro atoms. The third kappa shape index (κ3) is 3.88. The molecule has 1 aliphatic rings. The van der Waals surface area contributed by atoms with Gasteiger partial charge in [0.15, 0.2) is 0 Å². The maximum Gasteiger partial charge on any atom is 0.310 e. The Hall–Kier alpha value is -2.82. The van der Waals surface area contributed by atoms with Gasteiger partial charge in [-0.05, 0) is 55.2 Å². The lowest BCUT2D eigenvalue weighted by atomic mass is 10.0. The highest BCUT2D eigenvalue weighted by atomic mass is 16.4. The number of nitrogens with zero attached hydrogens (tertiary/aromatic N) is 2. The molecular formula is C23H28N2O3. The van der Waals surface area contributed by atoms with Gasteiger partial charge in [-0.1, -0.05) is 32.0 Å². The van der Waals surface area contributed by atoms with Crippen LogP contribution < -0.4 is 9.80 Å². The Morgan fingerprint density at radius 2 is 1.75 bits per heavy atom. The molecule has 2 aromatic carbocycles. The second-order valence-electron chi connectivity index (χ2n) is 7.37. The highest BCUT2D eigenvalue weighted by Crippen LogP contribution is 2.32. The SMILES string of the molecule is CCCN(CCC)c1ccc2c(c1)C(=O)N(c1ccc(C(C)C(=O)O)cc1)C2. The monoisotopic (exact) mass is 380 g/mol. The largest absolute Gasteiger partial charge is 0.481 e. The summed E-state index contributed by atoms with van der Waals surface area (Å²) in [7, 11) is 0. The molecule has 3 rings (SSSR count).